The molecule has 2 aromatic rings. The van der Waals surface area contributed by atoms with E-state index in [2.05, 4.69) is 27.2 Å². The number of carbonyl (C=O) groups excluding carboxylic acids is 1. The Hall–Kier alpha value is -2.54. The minimum Gasteiger partial charge on any atom is -0.365 e. The summed E-state index contributed by atoms with van der Waals surface area (Å²) in [6, 6.07) is 14.1. The molecular weight excluding hydrogens is 403 g/mol. The van der Waals surface area contributed by atoms with E-state index in [1.54, 1.807) is 6.07 Å². The fraction of sp³-hybridized carbons (Fsp3) is 0.458. The molecule has 2 atom stereocenters. The summed E-state index contributed by atoms with van der Waals surface area (Å²) in [5.74, 6) is -0.480. The van der Waals surface area contributed by atoms with Gasteiger partial charge < -0.3 is 10.2 Å². The summed E-state index contributed by atoms with van der Waals surface area (Å²) in [4.78, 5) is 17.5. The molecule has 0 saturated carbocycles. The van der Waals surface area contributed by atoms with Crippen molar-refractivity contribution in [3.05, 3.63) is 65.2 Å². The first-order valence-electron chi connectivity index (χ1n) is 10.8. The van der Waals surface area contributed by atoms with Crippen LogP contribution in [-0.4, -0.2) is 42.5 Å². The second-order valence-electron chi connectivity index (χ2n) is 8.80. The minimum absolute atomic E-state index is 0.0205. The molecule has 2 aromatic carbocycles. The molecule has 166 valence electrons. The maximum Gasteiger partial charge on any atom is 0.416 e. The smallest absolute Gasteiger partial charge is 0.365 e. The fourth-order valence-corrected chi connectivity index (χ4v) is 4.74. The Morgan fingerprint density at radius 1 is 1.13 bits per heavy atom. The number of halogens is 3. The third-order valence-corrected chi connectivity index (χ3v) is 6.14. The summed E-state index contributed by atoms with van der Waals surface area (Å²) in [7, 11) is 0. The highest BCUT2D eigenvalue weighted by atomic mass is 19.4. The average Bonchev–Trinajstić information content (AvgIpc) is 2.72. The lowest BCUT2D eigenvalue weighted by molar-refractivity contribution is -0.137. The molecule has 0 unspecified atom stereocenters. The van der Waals surface area contributed by atoms with Crippen molar-refractivity contribution in [3.63, 3.8) is 0 Å². The van der Waals surface area contributed by atoms with Crippen molar-refractivity contribution in [3.8, 4) is 0 Å². The third-order valence-electron chi connectivity index (χ3n) is 6.14. The molecule has 0 spiro atoms. The van der Waals surface area contributed by atoms with Crippen LogP contribution < -0.4 is 10.2 Å². The fourth-order valence-electron chi connectivity index (χ4n) is 4.74. The number of hydrogen-bond acceptors (Lipinski definition) is 3. The molecule has 1 amide bonds. The number of rotatable bonds is 4. The summed E-state index contributed by atoms with van der Waals surface area (Å²) in [6.07, 6.45) is -4.08. The van der Waals surface area contributed by atoms with Crippen LogP contribution in [0, 0.1) is 5.92 Å². The van der Waals surface area contributed by atoms with Crippen LogP contribution in [-0.2, 0) is 23.9 Å². The van der Waals surface area contributed by atoms with Gasteiger partial charge >= 0.3 is 6.18 Å². The topological polar surface area (TPSA) is 35.6 Å². The van der Waals surface area contributed by atoms with E-state index in [-0.39, 0.29) is 18.0 Å². The number of anilines is 1. The van der Waals surface area contributed by atoms with Crippen molar-refractivity contribution in [1.29, 1.82) is 0 Å². The molecule has 0 bridgehead atoms. The van der Waals surface area contributed by atoms with E-state index in [9.17, 15) is 18.0 Å². The molecule has 7 heteroatoms. The van der Waals surface area contributed by atoms with Gasteiger partial charge in [0.15, 0.2) is 0 Å². The number of nitrogens with one attached hydrogen (secondary N) is 1. The molecule has 2 heterocycles. The molecule has 31 heavy (non-hydrogen) atoms. The molecule has 0 radical (unpaired) electrons. The van der Waals surface area contributed by atoms with Crippen LogP contribution in [0.5, 0.6) is 0 Å². The van der Waals surface area contributed by atoms with Gasteiger partial charge in [0.05, 0.1) is 17.5 Å². The Morgan fingerprint density at radius 3 is 2.55 bits per heavy atom. The van der Waals surface area contributed by atoms with E-state index >= 15 is 0 Å². The van der Waals surface area contributed by atoms with Gasteiger partial charge in [-0.3, -0.25) is 9.69 Å². The van der Waals surface area contributed by atoms with Gasteiger partial charge in [-0.25, -0.2) is 0 Å². The van der Waals surface area contributed by atoms with Gasteiger partial charge in [0.25, 0.3) is 0 Å². The maximum absolute atomic E-state index is 13.3. The first-order valence-corrected chi connectivity index (χ1v) is 10.8. The molecular formula is C24H28F3N3O. The molecule has 4 rings (SSSR count). The van der Waals surface area contributed by atoms with Crippen molar-refractivity contribution in [2.75, 3.05) is 24.5 Å². The second kappa shape index (κ2) is 8.54. The predicted octanol–water partition coefficient (Wildman–Crippen LogP) is 4.09. The van der Waals surface area contributed by atoms with Crippen LogP contribution in [0.2, 0.25) is 0 Å². The SMILES string of the molecule is CC(C)NC(=O)[C@H]1Cc2cc(C(F)(F)F)ccc2N2CCN(Cc3ccccc3)C[C@H]12. The van der Waals surface area contributed by atoms with E-state index in [1.807, 2.05) is 32.0 Å². The molecule has 2 aliphatic heterocycles. The largest absolute Gasteiger partial charge is 0.416 e. The Bertz CT molecular complexity index is 929. The summed E-state index contributed by atoms with van der Waals surface area (Å²) < 4.78 is 39.8. The van der Waals surface area contributed by atoms with Gasteiger partial charge in [-0.05, 0) is 49.6 Å². The minimum atomic E-state index is -4.39. The Morgan fingerprint density at radius 2 is 1.87 bits per heavy atom. The van der Waals surface area contributed by atoms with Gasteiger partial charge in [-0.15, -0.1) is 0 Å². The number of benzene rings is 2. The number of amides is 1. The van der Waals surface area contributed by atoms with E-state index < -0.39 is 17.7 Å². The highest BCUT2D eigenvalue weighted by molar-refractivity contribution is 5.82. The van der Waals surface area contributed by atoms with Crippen LogP contribution in [0.25, 0.3) is 0 Å². The molecule has 0 aromatic heterocycles. The van der Waals surface area contributed by atoms with Gasteiger partial charge in [0.2, 0.25) is 5.91 Å². The third kappa shape index (κ3) is 4.71. The number of nitrogens with zero attached hydrogens (tertiary/aromatic N) is 2. The van der Waals surface area contributed by atoms with E-state index in [0.717, 1.165) is 24.8 Å². The number of fused-ring (bicyclic) bond motifs is 3. The summed E-state index contributed by atoms with van der Waals surface area (Å²) in [6.45, 7) is 6.77. The molecule has 1 N–H and O–H groups in total. The first-order chi connectivity index (χ1) is 14.7. The first kappa shape index (κ1) is 21.7. The standard InChI is InChI=1S/C24H28F3N3O/c1-16(2)28-23(31)20-13-18-12-19(24(25,26)27)8-9-21(18)30-11-10-29(15-22(20)30)14-17-6-4-3-5-7-17/h3-9,12,16,20,22H,10-11,13-15H2,1-2H3,(H,28,31)/t20-,22+/m0/s1. The van der Waals surface area contributed by atoms with Crippen molar-refractivity contribution in [2.24, 2.45) is 5.92 Å². The molecule has 1 saturated heterocycles. The lowest BCUT2D eigenvalue weighted by Crippen LogP contribution is -2.61. The number of carbonyl (C=O) groups is 1. The Labute approximate surface area is 181 Å². The average molecular weight is 432 g/mol. The highest BCUT2D eigenvalue weighted by Crippen LogP contribution is 2.40. The zero-order valence-corrected chi connectivity index (χ0v) is 17.8. The van der Waals surface area contributed by atoms with Crippen molar-refractivity contribution in [2.45, 2.75) is 45.1 Å². The van der Waals surface area contributed by atoms with Gasteiger partial charge in [0.1, 0.15) is 0 Å². The highest BCUT2D eigenvalue weighted by Gasteiger charge is 2.42. The lowest BCUT2D eigenvalue weighted by atomic mass is 9.82. The number of piperazine rings is 1. The number of alkyl halides is 3. The van der Waals surface area contributed by atoms with Crippen molar-refractivity contribution in [1.82, 2.24) is 10.2 Å². The molecule has 2 aliphatic rings. The van der Waals surface area contributed by atoms with Crippen LogP contribution in [0.4, 0.5) is 18.9 Å². The van der Waals surface area contributed by atoms with E-state index in [4.69, 9.17) is 0 Å². The summed E-state index contributed by atoms with van der Waals surface area (Å²) in [5, 5.41) is 2.98. The van der Waals surface area contributed by atoms with Crippen LogP contribution in [0.1, 0.15) is 30.5 Å². The lowest BCUT2D eigenvalue weighted by Gasteiger charge is -2.49. The van der Waals surface area contributed by atoms with Gasteiger partial charge in [-0.1, -0.05) is 30.3 Å². The molecule has 4 nitrogen and oxygen atoms in total. The van der Waals surface area contributed by atoms with Gasteiger partial charge in [0, 0.05) is 37.9 Å². The van der Waals surface area contributed by atoms with E-state index in [0.29, 0.717) is 25.1 Å². The zero-order valence-electron chi connectivity index (χ0n) is 17.8. The van der Waals surface area contributed by atoms with Gasteiger partial charge in [-0.2, -0.15) is 13.2 Å². The Balaban J connectivity index is 1.63. The van der Waals surface area contributed by atoms with Crippen molar-refractivity contribution < 1.29 is 18.0 Å². The van der Waals surface area contributed by atoms with Crippen LogP contribution >= 0.6 is 0 Å². The second-order valence-corrected chi connectivity index (χ2v) is 8.80. The zero-order chi connectivity index (χ0) is 22.2. The molecule has 0 aliphatic carbocycles. The normalized spacial score (nSPS) is 21.5. The maximum atomic E-state index is 13.3. The van der Waals surface area contributed by atoms with Crippen LogP contribution in [0.3, 0.4) is 0 Å². The van der Waals surface area contributed by atoms with E-state index in [1.165, 1.54) is 11.6 Å². The number of hydrogen-bond donors (Lipinski definition) is 1. The van der Waals surface area contributed by atoms with Crippen LogP contribution in [0.15, 0.2) is 48.5 Å². The summed E-state index contributed by atoms with van der Waals surface area (Å²) >= 11 is 0. The molecule has 1 fully saturated rings. The summed E-state index contributed by atoms with van der Waals surface area (Å²) in [5.41, 5.74) is 1.98. The monoisotopic (exact) mass is 431 g/mol. The van der Waals surface area contributed by atoms with Crippen molar-refractivity contribution >= 4 is 11.6 Å². The predicted molar refractivity (Wildman–Crippen MR) is 115 cm³/mol. The Kier molecular flexibility index (Phi) is 5.97. The quantitative estimate of drug-likeness (QED) is 0.792.